The van der Waals surface area contributed by atoms with Crippen LogP contribution in [0.1, 0.15) is 43.0 Å². The molecule has 5 heteroatoms. The van der Waals surface area contributed by atoms with E-state index in [0.717, 1.165) is 19.3 Å². The van der Waals surface area contributed by atoms with Crippen LogP contribution in [0, 0.1) is 0 Å². The third-order valence-electron chi connectivity index (χ3n) is 2.59. The van der Waals surface area contributed by atoms with Crippen molar-refractivity contribution in [3.8, 4) is 0 Å². The van der Waals surface area contributed by atoms with Gasteiger partial charge in [-0.25, -0.2) is 0 Å². The first-order valence-corrected chi connectivity index (χ1v) is 6.58. The molecule has 0 atom stereocenters. The van der Waals surface area contributed by atoms with Crippen molar-refractivity contribution >= 4 is 11.9 Å². The monoisotopic (exact) mass is 264 g/mol. The molecular weight excluding hydrogens is 244 g/mol. The fraction of sp³-hybridized carbons (Fsp3) is 0.500. The highest BCUT2D eigenvalue weighted by atomic mass is 16.5. The van der Waals surface area contributed by atoms with Gasteiger partial charge in [0.25, 0.3) is 5.91 Å². The number of nitrogens with zero attached hydrogens (tertiary/aromatic N) is 1. The molecule has 1 amide bonds. The van der Waals surface area contributed by atoms with Crippen molar-refractivity contribution in [2.75, 3.05) is 13.2 Å². The smallest absolute Gasteiger partial charge is 0.305 e. The molecule has 104 valence electrons. The fourth-order valence-corrected chi connectivity index (χ4v) is 1.61. The van der Waals surface area contributed by atoms with Gasteiger partial charge in [-0.15, -0.1) is 0 Å². The van der Waals surface area contributed by atoms with Crippen LogP contribution in [-0.2, 0) is 9.53 Å². The lowest BCUT2D eigenvalue weighted by Crippen LogP contribution is -2.24. The Morgan fingerprint density at radius 2 is 1.95 bits per heavy atom. The minimum absolute atomic E-state index is 0.0900. The second kappa shape index (κ2) is 9.08. The normalized spacial score (nSPS) is 9.95. The zero-order chi connectivity index (χ0) is 13.9. The first-order chi connectivity index (χ1) is 9.24. The molecule has 1 N–H and O–H groups in total. The molecule has 0 spiro atoms. The second-order valence-corrected chi connectivity index (χ2v) is 4.11. The highest BCUT2D eigenvalue weighted by Gasteiger charge is 2.04. The molecule has 0 aliphatic heterocycles. The summed E-state index contributed by atoms with van der Waals surface area (Å²) >= 11 is 0. The Balaban J connectivity index is 2.05. The first kappa shape index (κ1) is 15.1. The lowest BCUT2D eigenvalue weighted by molar-refractivity contribution is -0.143. The minimum atomic E-state index is -0.150. The Morgan fingerprint density at radius 1 is 1.21 bits per heavy atom. The van der Waals surface area contributed by atoms with E-state index < -0.39 is 0 Å². The van der Waals surface area contributed by atoms with Crippen LogP contribution in [0.25, 0.3) is 0 Å². The summed E-state index contributed by atoms with van der Waals surface area (Å²) in [5.74, 6) is -0.240. The van der Waals surface area contributed by atoms with Crippen LogP contribution < -0.4 is 5.32 Å². The van der Waals surface area contributed by atoms with Crippen LogP contribution in [0.15, 0.2) is 24.5 Å². The van der Waals surface area contributed by atoms with Gasteiger partial charge in [0.05, 0.1) is 6.61 Å². The highest BCUT2D eigenvalue weighted by molar-refractivity contribution is 5.93. The average molecular weight is 264 g/mol. The van der Waals surface area contributed by atoms with Crippen LogP contribution in [0.5, 0.6) is 0 Å². The van der Waals surface area contributed by atoms with Crippen LogP contribution in [0.3, 0.4) is 0 Å². The second-order valence-electron chi connectivity index (χ2n) is 4.11. The van der Waals surface area contributed by atoms with Crippen molar-refractivity contribution in [3.63, 3.8) is 0 Å². The maximum Gasteiger partial charge on any atom is 0.305 e. The molecule has 1 rings (SSSR count). The summed E-state index contributed by atoms with van der Waals surface area (Å²) in [7, 11) is 0. The summed E-state index contributed by atoms with van der Waals surface area (Å²) in [6.07, 6.45) is 6.18. The third-order valence-corrected chi connectivity index (χ3v) is 2.59. The molecule has 0 aliphatic carbocycles. The zero-order valence-electron chi connectivity index (χ0n) is 11.2. The SMILES string of the molecule is CCOC(=O)CCCCCNC(=O)c1ccncc1. The first-order valence-electron chi connectivity index (χ1n) is 6.58. The van der Waals surface area contributed by atoms with Crippen LogP contribution >= 0.6 is 0 Å². The predicted octanol–water partition coefficient (Wildman–Crippen LogP) is 1.93. The lowest BCUT2D eigenvalue weighted by Gasteiger charge is -2.05. The summed E-state index contributed by atoms with van der Waals surface area (Å²) in [6.45, 7) is 2.84. The number of esters is 1. The maximum atomic E-state index is 11.7. The predicted molar refractivity (Wildman–Crippen MR) is 71.7 cm³/mol. The van der Waals surface area contributed by atoms with Gasteiger partial charge in [-0.3, -0.25) is 14.6 Å². The Kier molecular flexibility index (Phi) is 7.24. The van der Waals surface area contributed by atoms with E-state index in [9.17, 15) is 9.59 Å². The molecule has 0 unspecified atom stereocenters. The van der Waals surface area contributed by atoms with Crippen LogP contribution in [0.2, 0.25) is 0 Å². The lowest BCUT2D eigenvalue weighted by atomic mass is 10.2. The van der Waals surface area contributed by atoms with E-state index in [4.69, 9.17) is 4.74 Å². The number of rotatable bonds is 8. The average Bonchev–Trinajstić information content (AvgIpc) is 2.43. The summed E-state index contributed by atoms with van der Waals surface area (Å²) in [6, 6.07) is 3.35. The molecule has 0 aromatic carbocycles. The van der Waals surface area contributed by atoms with Gasteiger partial charge >= 0.3 is 5.97 Å². The topological polar surface area (TPSA) is 68.3 Å². The standard InChI is InChI=1S/C14H20N2O3/c1-2-19-13(17)6-4-3-5-9-16-14(18)12-7-10-15-11-8-12/h7-8,10-11H,2-6,9H2,1H3,(H,16,18). The van der Waals surface area contributed by atoms with Gasteiger partial charge in [0.15, 0.2) is 0 Å². The Bertz CT molecular complexity index is 393. The van der Waals surface area contributed by atoms with E-state index in [1.807, 2.05) is 0 Å². The van der Waals surface area contributed by atoms with Crippen molar-refractivity contribution in [1.29, 1.82) is 0 Å². The van der Waals surface area contributed by atoms with Crippen molar-refractivity contribution in [1.82, 2.24) is 10.3 Å². The number of aromatic nitrogens is 1. The number of ether oxygens (including phenoxy) is 1. The molecule has 0 aliphatic rings. The van der Waals surface area contributed by atoms with Crippen molar-refractivity contribution in [2.45, 2.75) is 32.6 Å². The molecule has 1 aromatic heterocycles. The molecule has 0 bridgehead atoms. The summed E-state index contributed by atoms with van der Waals surface area (Å²) in [4.78, 5) is 26.6. The van der Waals surface area contributed by atoms with E-state index in [0.29, 0.717) is 25.1 Å². The highest BCUT2D eigenvalue weighted by Crippen LogP contribution is 2.01. The number of carbonyl (C=O) groups excluding carboxylic acids is 2. The van der Waals surface area contributed by atoms with E-state index >= 15 is 0 Å². The largest absolute Gasteiger partial charge is 0.466 e. The van der Waals surface area contributed by atoms with E-state index in [2.05, 4.69) is 10.3 Å². The number of amides is 1. The van der Waals surface area contributed by atoms with E-state index in [1.165, 1.54) is 0 Å². The number of nitrogens with one attached hydrogen (secondary N) is 1. The molecule has 1 heterocycles. The molecule has 1 aromatic rings. The molecule has 0 saturated heterocycles. The summed E-state index contributed by atoms with van der Waals surface area (Å²) in [5.41, 5.74) is 0.613. The van der Waals surface area contributed by atoms with E-state index in [1.54, 1.807) is 31.5 Å². The van der Waals surface area contributed by atoms with Gasteiger partial charge in [0.1, 0.15) is 0 Å². The van der Waals surface area contributed by atoms with Crippen LogP contribution in [-0.4, -0.2) is 30.0 Å². The van der Waals surface area contributed by atoms with Crippen LogP contribution in [0.4, 0.5) is 0 Å². The Labute approximate surface area is 113 Å². The summed E-state index contributed by atoms with van der Waals surface area (Å²) < 4.78 is 4.83. The van der Waals surface area contributed by atoms with Gasteiger partial charge in [-0.05, 0) is 31.9 Å². The van der Waals surface area contributed by atoms with Crippen molar-refractivity contribution in [2.24, 2.45) is 0 Å². The van der Waals surface area contributed by atoms with Gasteiger partial charge in [-0.2, -0.15) is 0 Å². The molecule has 0 fully saturated rings. The number of hydrogen-bond donors (Lipinski definition) is 1. The van der Waals surface area contributed by atoms with E-state index in [-0.39, 0.29) is 11.9 Å². The molecular formula is C14H20N2O3. The fourth-order valence-electron chi connectivity index (χ4n) is 1.61. The number of hydrogen-bond acceptors (Lipinski definition) is 4. The molecule has 19 heavy (non-hydrogen) atoms. The number of unbranched alkanes of at least 4 members (excludes halogenated alkanes) is 2. The number of pyridine rings is 1. The minimum Gasteiger partial charge on any atom is -0.466 e. The van der Waals surface area contributed by atoms with Gasteiger partial charge < -0.3 is 10.1 Å². The Morgan fingerprint density at radius 3 is 2.63 bits per heavy atom. The van der Waals surface area contributed by atoms with Gasteiger partial charge in [0, 0.05) is 30.9 Å². The quantitative estimate of drug-likeness (QED) is 0.575. The molecule has 0 saturated carbocycles. The zero-order valence-corrected chi connectivity index (χ0v) is 11.2. The Hall–Kier alpha value is -1.91. The van der Waals surface area contributed by atoms with Gasteiger partial charge in [0.2, 0.25) is 0 Å². The number of carbonyl (C=O) groups is 2. The van der Waals surface area contributed by atoms with Crippen molar-refractivity contribution in [3.05, 3.63) is 30.1 Å². The molecule has 5 nitrogen and oxygen atoms in total. The summed E-state index contributed by atoms with van der Waals surface area (Å²) in [5, 5.41) is 2.83. The maximum absolute atomic E-state index is 11.7. The van der Waals surface area contributed by atoms with Gasteiger partial charge in [-0.1, -0.05) is 6.42 Å². The van der Waals surface area contributed by atoms with Crippen molar-refractivity contribution < 1.29 is 14.3 Å². The third kappa shape index (κ3) is 6.55. The molecule has 0 radical (unpaired) electrons.